The molecule has 0 aliphatic carbocycles. The summed E-state index contributed by atoms with van der Waals surface area (Å²) in [5, 5.41) is 0. The molecule has 0 radical (unpaired) electrons. The van der Waals surface area contributed by atoms with E-state index in [-0.39, 0.29) is 24.1 Å². The van der Waals surface area contributed by atoms with Gasteiger partial charge in [-0.1, -0.05) is 0 Å². The first-order chi connectivity index (χ1) is 10.8. The van der Waals surface area contributed by atoms with Crippen LogP contribution in [-0.4, -0.2) is 36.3 Å². The van der Waals surface area contributed by atoms with Crippen LogP contribution in [0.15, 0.2) is 34.3 Å². The summed E-state index contributed by atoms with van der Waals surface area (Å²) in [6.07, 6.45) is -1.46. The van der Waals surface area contributed by atoms with E-state index in [0.29, 0.717) is 11.6 Å². The number of ether oxygens (including phenoxy) is 1. The number of likely N-dealkylation sites (tertiary alicyclic amines) is 1. The normalized spacial score (nSPS) is 16.5. The van der Waals surface area contributed by atoms with Gasteiger partial charge in [0.1, 0.15) is 5.75 Å². The molecule has 0 unspecified atom stereocenters. The molecule has 1 aliphatic rings. The average molecular weight is 366 g/mol. The number of nitrogens with two attached hydrogens (primary N) is 2. The third-order valence-electron chi connectivity index (χ3n) is 3.22. The minimum atomic E-state index is -4.73. The Morgan fingerprint density at radius 1 is 1.04 bits per heavy atom. The zero-order chi connectivity index (χ0) is 16.9. The lowest BCUT2D eigenvalue weighted by Crippen LogP contribution is -2.41. The number of piperidine rings is 1. The van der Waals surface area contributed by atoms with Crippen LogP contribution in [0.2, 0.25) is 0 Å². The molecular formula is C14H19ClF3N5O. The van der Waals surface area contributed by atoms with E-state index in [1.807, 2.05) is 4.90 Å². The monoisotopic (exact) mass is 365 g/mol. The van der Waals surface area contributed by atoms with E-state index in [4.69, 9.17) is 11.5 Å². The Kier molecular flexibility index (Phi) is 7.15. The lowest BCUT2D eigenvalue weighted by Gasteiger charge is -2.27. The predicted molar refractivity (Wildman–Crippen MR) is 88.7 cm³/mol. The van der Waals surface area contributed by atoms with E-state index in [1.54, 1.807) is 0 Å². The summed E-state index contributed by atoms with van der Waals surface area (Å²) in [7, 11) is 0. The highest BCUT2D eigenvalue weighted by atomic mass is 35.5. The first-order valence-electron chi connectivity index (χ1n) is 7.12. The Morgan fingerprint density at radius 2 is 1.62 bits per heavy atom. The number of hydrogen-bond donors (Lipinski definition) is 2. The number of hydrogen-bond acceptors (Lipinski definition) is 2. The largest absolute Gasteiger partial charge is 0.573 e. The highest BCUT2D eigenvalue weighted by Gasteiger charge is 2.30. The molecule has 1 aromatic rings. The van der Waals surface area contributed by atoms with Gasteiger partial charge in [0.2, 0.25) is 5.96 Å². The summed E-state index contributed by atoms with van der Waals surface area (Å²) < 4.78 is 40.0. The molecule has 1 fully saturated rings. The number of halogens is 4. The lowest BCUT2D eigenvalue weighted by atomic mass is 10.1. The quantitative estimate of drug-likeness (QED) is 0.623. The average Bonchev–Trinajstić information content (AvgIpc) is 2.48. The Balaban J connectivity index is 0.00000288. The van der Waals surface area contributed by atoms with Crippen LogP contribution in [0.25, 0.3) is 0 Å². The number of rotatable bonds is 2. The highest BCUT2D eigenvalue weighted by molar-refractivity contribution is 5.94. The topological polar surface area (TPSA) is 89.2 Å². The molecule has 24 heavy (non-hydrogen) atoms. The number of benzene rings is 1. The predicted octanol–water partition coefficient (Wildman–Crippen LogP) is 2.75. The number of nitrogens with zero attached hydrogens (tertiary/aromatic N) is 3. The van der Waals surface area contributed by atoms with Crippen molar-refractivity contribution in [2.75, 3.05) is 13.1 Å². The maximum atomic E-state index is 12.1. The Labute approximate surface area is 143 Å². The molecule has 0 aromatic heterocycles. The van der Waals surface area contributed by atoms with Crippen molar-refractivity contribution in [1.29, 1.82) is 0 Å². The molecule has 4 N–H and O–H groups in total. The molecule has 1 heterocycles. The first kappa shape index (κ1) is 19.9. The zero-order valence-electron chi connectivity index (χ0n) is 12.8. The summed E-state index contributed by atoms with van der Waals surface area (Å²) in [6, 6.07) is 5.00. The van der Waals surface area contributed by atoms with E-state index in [1.165, 1.54) is 18.6 Å². The lowest BCUT2D eigenvalue weighted by molar-refractivity contribution is -0.274. The third kappa shape index (κ3) is 6.53. The number of alkyl halides is 3. The summed E-state index contributed by atoms with van der Waals surface area (Å²) >= 11 is 0. The van der Waals surface area contributed by atoms with Crippen LogP contribution < -0.4 is 16.2 Å². The van der Waals surface area contributed by atoms with Gasteiger partial charge in [-0.15, -0.1) is 25.6 Å². The van der Waals surface area contributed by atoms with Crippen LogP contribution in [0.3, 0.4) is 0 Å². The summed E-state index contributed by atoms with van der Waals surface area (Å²) in [4.78, 5) is 9.93. The van der Waals surface area contributed by atoms with Gasteiger partial charge in [0.25, 0.3) is 0 Å². The molecule has 134 valence electrons. The second-order valence-electron chi connectivity index (χ2n) is 5.03. The SMILES string of the molecule is Cl.NC(=Nc1ccc(OC(F)(F)F)cc1)/N=C(/N)N1CCCCC1. The molecule has 2 rings (SSSR count). The van der Waals surface area contributed by atoms with Crippen LogP contribution in [0, 0.1) is 0 Å². The molecule has 0 atom stereocenters. The van der Waals surface area contributed by atoms with Gasteiger partial charge < -0.3 is 21.1 Å². The standard InChI is InChI=1S/C14H18F3N5O.ClH/c15-14(16,17)23-11-6-4-10(5-7-11)20-12(18)21-13(19)22-8-2-1-3-9-22;/h4-7H,1-3,8-9H2,(H4,18,19,20,21);1H. The van der Waals surface area contributed by atoms with Gasteiger partial charge in [0.15, 0.2) is 5.96 Å². The summed E-state index contributed by atoms with van der Waals surface area (Å²) in [5.41, 5.74) is 11.9. The fourth-order valence-electron chi connectivity index (χ4n) is 2.19. The van der Waals surface area contributed by atoms with Crippen molar-refractivity contribution in [3.8, 4) is 5.75 Å². The van der Waals surface area contributed by atoms with Gasteiger partial charge in [-0.05, 0) is 43.5 Å². The van der Waals surface area contributed by atoms with E-state index < -0.39 is 6.36 Å². The van der Waals surface area contributed by atoms with Crippen LogP contribution in [-0.2, 0) is 0 Å². The van der Waals surface area contributed by atoms with Crippen molar-refractivity contribution in [1.82, 2.24) is 4.90 Å². The fraction of sp³-hybridized carbons (Fsp3) is 0.429. The summed E-state index contributed by atoms with van der Waals surface area (Å²) in [6.45, 7) is 1.65. The molecule has 10 heteroatoms. The van der Waals surface area contributed by atoms with Crippen molar-refractivity contribution < 1.29 is 17.9 Å². The molecule has 0 spiro atoms. The van der Waals surface area contributed by atoms with Crippen LogP contribution >= 0.6 is 12.4 Å². The Morgan fingerprint density at radius 3 is 2.17 bits per heavy atom. The minimum Gasteiger partial charge on any atom is -0.406 e. The van der Waals surface area contributed by atoms with Crippen molar-refractivity contribution in [3.05, 3.63) is 24.3 Å². The third-order valence-corrected chi connectivity index (χ3v) is 3.22. The van der Waals surface area contributed by atoms with Crippen molar-refractivity contribution in [2.45, 2.75) is 25.6 Å². The van der Waals surface area contributed by atoms with Crippen LogP contribution in [0.1, 0.15) is 19.3 Å². The highest BCUT2D eigenvalue weighted by Crippen LogP contribution is 2.24. The molecular weight excluding hydrogens is 347 g/mol. The molecule has 1 aliphatic heterocycles. The van der Waals surface area contributed by atoms with Crippen molar-refractivity contribution in [2.24, 2.45) is 21.5 Å². The Hall–Kier alpha value is -2.16. The van der Waals surface area contributed by atoms with Crippen LogP contribution in [0.5, 0.6) is 5.75 Å². The zero-order valence-corrected chi connectivity index (χ0v) is 13.6. The molecule has 1 saturated heterocycles. The summed E-state index contributed by atoms with van der Waals surface area (Å²) in [5.74, 6) is -0.0908. The van der Waals surface area contributed by atoms with E-state index in [9.17, 15) is 13.2 Å². The van der Waals surface area contributed by atoms with E-state index in [0.717, 1.165) is 38.1 Å². The first-order valence-corrected chi connectivity index (χ1v) is 7.12. The van der Waals surface area contributed by atoms with Gasteiger partial charge >= 0.3 is 6.36 Å². The minimum absolute atomic E-state index is 0. The smallest absolute Gasteiger partial charge is 0.406 e. The number of guanidine groups is 2. The fourth-order valence-corrected chi connectivity index (χ4v) is 2.19. The van der Waals surface area contributed by atoms with Gasteiger partial charge in [-0.25, -0.2) is 4.99 Å². The van der Waals surface area contributed by atoms with Crippen LogP contribution in [0.4, 0.5) is 18.9 Å². The molecule has 0 saturated carbocycles. The van der Waals surface area contributed by atoms with E-state index in [2.05, 4.69) is 14.7 Å². The van der Waals surface area contributed by atoms with Crippen molar-refractivity contribution in [3.63, 3.8) is 0 Å². The van der Waals surface area contributed by atoms with Crippen molar-refractivity contribution >= 4 is 30.0 Å². The molecule has 0 bridgehead atoms. The maximum Gasteiger partial charge on any atom is 0.573 e. The Bertz CT molecular complexity index is 583. The van der Waals surface area contributed by atoms with Gasteiger partial charge in [0.05, 0.1) is 5.69 Å². The molecule has 6 nitrogen and oxygen atoms in total. The number of aliphatic imine (C=N–C) groups is 2. The second kappa shape index (κ2) is 8.62. The van der Waals surface area contributed by atoms with E-state index >= 15 is 0 Å². The second-order valence-corrected chi connectivity index (χ2v) is 5.03. The van der Waals surface area contributed by atoms with Gasteiger partial charge in [-0.2, -0.15) is 4.99 Å². The van der Waals surface area contributed by atoms with Gasteiger partial charge in [0, 0.05) is 13.1 Å². The maximum absolute atomic E-state index is 12.1. The molecule has 1 aromatic carbocycles. The van der Waals surface area contributed by atoms with Gasteiger partial charge in [-0.3, -0.25) is 0 Å². The molecule has 0 amide bonds.